The van der Waals surface area contributed by atoms with E-state index in [0.717, 1.165) is 47.6 Å². The summed E-state index contributed by atoms with van der Waals surface area (Å²) in [6.07, 6.45) is 3.09. The molecular weight excluding hydrogens is 466 g/mol. The summed E-state index contributed by atoms with van der Waals surface area (Å²) in [5.41, 5.74) is 6.19. The first-order chi connectivity index (χ1) is 18.0. The zero-order valence-corrected chi connectivity index (χ0v) is 21.5. The minimum absolute atomic E-state index is 0.00809. The van der Waals surface area contributed by atoms with Crippen LogP contribution in [-0.2, 0) is 22.5 Å². The van der Waals surface area contributed by atoms with Crippen LogP contribution < -0.4 is 14.4 Å². The van der Waals surface area contributed by atoms with E-state index in [0.29, 0.717) is 38.3 Å². The number of benzene rings is 3. The van der Waals surface area contributed by atoms with Gasteiger partial charge in [-0.25, -0.2) is 0 Å². The van der Waals surface area contributed by atoms with Gasteiger partial charge in [0.25, 0.3) is 5.91 Å². The van der Waals surface area contributed by atoms with E-state index in [2.05, 4.69) is 12.1 Å². The van der Waals surface area contributed by atoms with Gasteiger partial charge in [-0.15, -0.1) is 0 Å². The molecule has 0 fully saturated rings. The van der Waals surface area contributed by atoms with E-state index in [1.165, 1.54) is 11.1 Å². The summed E-state index contributed by atoms with van der Waals surface area (Å²) in [4.78, 5) is 26.6. The quantitative estimate of drug-likeness (QED) is 0.253. The number of hydrogen-bond acceptors (Lipinski definition) is 5. The van der Waals surface area contributed by atoms with Gasteiger partial charge in [-0.1, -0.05) is 29.8 Å². The monoisotopic (exact) mass is 499 g/mol. The SMILES string of the molecule is CCOC(=O)CC1CCc2cc(OCCCOc3cccc4c3CN(c3ccc(C)cc3)C4=O)ccc21. The molecule has 1 aliphatic heterocycles. The Balaban J connectivity index is 1.12. The number of ether oxygens (including phenoxy) is 3. The highest BCUT2D eigenvalue weighted by atomic mass is 16.5. The predicted octanol–water partition coefficient (Wildman–Crippen LogP) is 5.99. The van der Waals surface area contributed by atoms with E-state index >= 15 is 0 Å². The van der Waals surface area contributed by atoms with Gasteiger partial charge in [-0.3, -0.25) is 9.59 Å². The molecule has 1 unspecified atom stereocenters. The fourth-order valence-corrected chi connectivity index (χ4v) is 5.21. The lowest BCUT2D eigenvalue weighted by atomic mass is 9.98. The van der Waals surface area contributed by atoms with Crippen LogP contribution in [0, 0.1) is 6.92 Å². The van der Waals surface area contributed by atoms with Crippen molar-refractivity contribution in [3.8, 4) is 11.5 Å². The number of fused-ring (bicyclic) bond motifs is 2. The molecule has 0 spiro atoms. The predicted molar refractivity (Wildman–Crippen MR) is 142 cm³/mol. The van der Waals surface area contributed by atoms with Gasteiger partial charge < -0.3 is 19.1 Å². The number of hydrogen-bond donors (Lipinski definition) is 0. The summed E-state index contributed by atoms with van der Waals surface area (Å²) in [5.74, 6) is 1.71. The third-order valence-electron chi connectivity index (χ3n) is 7.12. The van der Waals surface area contributed by atoms with Gasteiger partial charge in [-0.2, -0.15) is 0 Å². The molecule has 2 aliphatic rings. The van der Waals surface area contributed by atoms with Gasteiger partial charge >= 0.3 is 5.97 Å². The van der Waals surface area contributed by atoms with E-state index in [9.17, 15) is 9.59 Å². The van der Waals surface area contributed by atoms with Crippen molar-refractivity contribution in [2.45, 2.75) is 52.0 Å². The van der Waals surface area contributed by atoms with Crippen LogP contribution in [-0.4, -0.2) is 31.7 Å². The maximum Gasteiger partial charge on any atom is 0.306 e. The molecule has 0 saturated heterocycles. The van der Waals surface area contributed by atoms with Crippen molar-refractivity contribution in [3.63, 3.8) is 0 Å². The lowest BCUT2D eigenvalue weighted by molar-refractivity contribution is -0.143. The maximum atomic E-state index is 13.0. The Hall–Kier alpha value is -3.80. The minimum atomic E-state index is -0.128. The van der Waals surface area contributed by atoms with Crippen molar-refractivity contribution < 1.29 is 23.8 Å². The summed E-state index contributed by atoms with van der Waals surface area (Å²) >= 11 is 0. The van der Waals surface area contributed by atoms with E-state index in [1.54, 1.807) is 4.90 Å². The van der Waals surface area contributed by atoms with E-state index < -0.39 is 0 Å². The van der Waals surface area contributed by atoms with Crippen LogP contribution in [0.2, 0.25) is 0 Å². The molecule has 0 aromatic heterocycles. The first kappa shape index (κ1) is 24.9. The fraction of sp³-hybridized carbons (Fsp3) is 0.355. The summed E-state index contributed by atoms with van der Waals surface area (Å²) in [6.45, 7) is 5.84. The molecule has 0 saturated carbocycles. The van der Waals surface area contributed by atoms with E-state index in [1.807, 2.05) is 62.4 Å². The number of carbonyl (C=O) groups is 2. The Kier molecular flexibility index (Phi) is 7.45. The minimum Gasteiger partial charge on any atom is -0.493 e. The first-order valence-corrected chi connectivity index (χ1v) is 13.1. The largest absolute Gasteiger partial charge is 0.493 e. The number of amides is 1. The fourth-order valence-electron chi connectivity index (χ4n) is 5.21. The number of nitrogens with zero attached hydrogens (tertiary/aromatic N) is 1. The van der Waals surface area contributed by atoms with Gasteiger partial charge in [0, 0.05) is 23.2 Å². The third kappa shape index (κ3) is 5.48. The van der Waals surface area contributed by atoms with Crippen molar-refractivity contribution in [3.05, 3.63) is 88.5 Å². The van der Waals surface area contributed by atoms with Crippen molar-refractivity contribution in [1.29, 1.82) is 0 Å². The van der Waals surface area contributed by atoms with E-state index in [-0.39, 0.29) is 17.8 Å². The Morgan fingerprint density at radius 2 is 1.84 bits per heavy atom. The molecule has 0 bridgehead atoms. The molecule has 3 aromatic rings. The smallest absolute Gasteiger partial charge is 0.306 e. The molecule has 6 heteroatoms. The average Bonchev–Trinajstić information content (AvgIpc) is 3.45. The zero-order chi connectivity index (χ0) is 25.8. The normalized spacial score (nSPS) is 15.9. The Labute approximate surface area is 218 Å². The van der Waals surface area contributed by atoms with E-state index in [4.69, 9.17) is 14.2 Å². The number of aryl methyl sites for hydroxylation is 2. The summed E-state index contributed by atoms with van der Waals surface area (Å²) in [7, 11) is 0. The highest BCUT2D eigenvalue weighted by Crippen LogP contribution is 2.38. The molecule has 192 valence electrons. The Morgan fingerprint density at radius 3 is 2.65 bits per heavy atom. The number of carbonyl (C=O) groups excluding carboxylic acids is 2. The Bertz CT molecular complexity index is 1280. The van der Waals surface area contributed by atoms with Crippen LogP contribution in [0.25, 0.3) is 0 Å². The molecule has 6 nitrogen and oxygen atoms in total. The summed E-state index contributed by atoms with van der Waals surface area (Å²) < 4.78 is 17.2. The molecule has 1 aliphatic carbocycles. The molecule has 5 rings (SSSR count). The van der Waals surface area contributed by atoms with Gasteiger partial charge in [0.1, 0.15) is 11.5 Å². The van der Waals surface area contributed by atoms with Crippen LogP contribution in [0.4, 0.5) is 5.69 Å². The molecule has 1 atom stereocenters. The number of anilines is 1. The molecule has 0 N–H and O–H groups in total. The summed E-state index contributed by atoms with van der Waals surface area (Å²) in [6, 6.07) is 19.8. The van der Waals surface area contributed by atoms with Crippen molar-refractivity contribution in [1.82, 2.24) is 0 Å². The second-order valence-corrected chi connectivity index (χ2v) is 9.66. The van der Waals surface area contributed by atoms with Crippen molar-refractivity contribution >= 4 is 17.6 Å². The molecule has 0 radical (unpaired) electrons. The lowest BCUT2D eigenvalue weighted by Gasteiger charge is -2.16. The lowest BCUT2D eigenvalue weighted by Crippen LogP contribution is -2.22. The number of esters is 1. The van der Waals surface area contributed by atoms with Gasteiger partial charge in [-0.05, 0) is 80.1 Å². The number of rotatable bonds is 10. The van der Waals surface area contributed by atoms with Gasteiger partial charge in [0.15, 0.2) is 0 Å². The first-order valence-electron chi connectivity index (χ1n) is 13.1. The molecule has 3 aromatic carbocycles. The van der Waals surface area contributed by atoms with Gasteiger partial charge in [0.05, 0.1) is 32.8 Å². The van der Waals surface area contributed by atoms with Gasteiger partial charge in [0.2, 0.25) is 0 Å². The second-order valence-electron chi connectivity index (χ2n) is 9.66. The topological polar surface area (TPSA) is 65.1 Å². The molecule has 1 heterocycles. The summed E-state index contributed by atoms with van der Waals surface area (Å²) in [5, 5.41) is 0. The highest BCUT2D eigenvalue weighted by molar-refractivity contribution is 6.10. The third-order valence-corrected chi connectivity index (χ3v) is 7.12. The second kappa shape index (κ2) is 11.1. The average molecular weight is 500 g/mol. The molecule has 37 heavy (non-hydrogen) atoms. The van der Waals surface area contributed by atoms with Crippen molar-refractivity contribution in [2.24, 2.45) is 0 Å². The van der Waals surface area contributed by atoms with Crippen LogP contribution in [0.1, 0.15) is 64.7 Å². The van der Waals surface area contributed by atoms with Crippen LogP contribution in [0.3, 0.4) is 0 Å². The standard InChI is InChI=1S/C31H33NO5/c1-3-35-30(33)19-23-11-10-22-18-25(14-15-26(22)23)36-16-5-17-37-29-7-4-6-27-28(29)20-32(31(27)34)24-12-8-21(2)9-13-24/h4,6-9,12-15,18,23H,3,5,10-11,16-17,19-20H2,1-2H3. The van der Waals surface area contributed by atoms with Crippen molar-refractivity contribution in [2.75, 3.05) is 24.7 Å². The molecule has 1 amide bonds. The molecular formula is C31H33NO5. The van der Waals surface area contributed by atoms with Crippen LogP contribution in [0.5, 0.6) is 11.5 Å². The highest BCUT2D eigenvalue weighted by Gasteiger charge is 2.31. The Morgan fingerprint density at radius 1 is 1.03 bits per heavy atom. The van der Waals surface area contributed by atoms with Crippen LogP contribution >= 0.6 is 0 Å². The van der Waals surface area contributed by atoms with Crippen LogP contribution in [0.15, 0.2) is 60.7 Å². The zero-order valence-electron chi connectivity index (χ0n) is 21.5. The maximum absolute atomic E-state index is 13.0.